The summed E-state index contributed by atoms with van der Waals surface area (Å²) in [4.78, 5) is 0. The fourth-order valence-electron chi connectivity index (χ4n) is 20.5. The van der Waals surface area contributed by atoms with Gasteiger partial charge in [-0.25, -0.2) is 0 Å². The zero-order valence-electron chi connectivity index (χ0n) is 64.5. The maximum Gasteiger partial charge on any atom is 1.00 e. The van der Waals surface area contributed by atoms with Gasteiger partial charge < -0.3 is 53.6 Å². The van der Waals surface area contributed by atoms with Gasteiger partial charge in [-0.2, -0.15) is 0 Å². The number of hydrogen-bond donors (Lipinski definition) is 2. The number of fused-ring (bicyclic) bond motifs is 23. The van der Waals surface area contributed by atoms with Gasteiger partial charge in [0.15, 0.2) is 0 Å². The van der Waals surface area contributed by atoms with Crippen molar-refractivity contribution in [1.29, 1.82) is 0 Å². The second-order valence-corrected chi connectivity index (χ2v) is 32.6. The number of halogens is 1. The molecule has 2 heterocycles. The second-order valence-electron chi connectivity index (χ2n) is 32.0. The molecule has 0 spiro atoms. The minimum Gasteiger partial charge on any atom is -0.870 e. The molecule has 8 bridgehead atoms. The summed E-state index contributed by atoms with van der Waals surface area (Å²) in [6.07, 6.45) is 80.8. The summed E-state index contributed by atoms with van der Waals surface area (Å²) in [6, 6.07) is 0. The van der Waals surface area contributed by atoms with Gasteiger partial charge in [0.05, 0.1) is 95.2 Å². The van der Waals surface area contributed by atoms with E-state index in [1.807, 2.05) is 18.2 Å². The van der Waals surface area contributed by atoms with Crippen LogP contribution >= 0.6 is 15.9 Å². The van der Waals surface area contributed by atoms with Crippen LogP contribution in [-0.2, 0) is 37.9 Å². The fraction of sp³-hybridized carbons (Fsp3) is 0.663. The van der Waals surface area contributed by atoms with E-state index in [-0.39, 0.29) is 63.9 Å². The molecule has 16 aliphatic carbocycles. The van der Waals surface area contributed by atoms with Crippen molar-refractivity contribution in [2.24, 2.45) is 118 Å². The van der Waals surface area contributed by atoms with Crippen LogP contribution in [0.25, 0.3) is 0 Å². The van der Waals surface area contributed by atoms with Crippen LogP contribution in [0.1, 0.15) is 164 Å². The molecule has 8 saturated carbocycles. The van der Waals surface area contributed by atoms with Gasteiger partial charge in [-0.1, -0.05) is 178 Å². The Hall–Kier alpha value is -3.28. The zero-order chi connectivity index (χ0) is 72.6. The minimum atomic E-state index is 0. The van der Waals surface area contributed by atoms with E-state index in [2.05, 4.69) is 160 Å². The Morgan fingerprint density at radius 2 is 0.917 bits per heavy atom. The van der Waals surface area contributed by atoms with E-state index in [4.69, 9.17) is 48.1 Å². The zero-order valence-corrected chi connectivity index (χ0v) is 68.1. The summed E-state index contributed by atoms with van der Waals surface area (Å²) in [5.74, 6) is 18.2. The summed E-state index contributed by atoms with van der Waals surface area (Å²) < 4.78 is 44.7. The molecule has 0 amide bonds. The molecule has 2 saturated heterocycles. The Morgan fingerprint density at radius 1 is 0.417 bits per heavy atom. The number of alkyl halides is 1. The van der Waals surface area contributed by atoms with Crippen LogP contribution in [-0.4, -0.2) is 130 Å². The van der Waals surface area contributed by atoms with E-state index in [1.165, 1.54) is 140 Å². The summed E-state index contributed by atoms with van der Waals surface area (Å²) in [6.45, 7) is 35.9. The maximum atomic E-state index is 8.66. The van der Waals surface area contributed by atoms with Crippen molar-refractivity contribution in [3.63, 3.8) is 0 Å². The molecular weight excluding hydrogens is 1420 g/mol. The molecule has 11 nitrogen and oxygen atoms in total. The fourth-order valence-corrected chi connectivity index (χ4v) is 20.5. The molecule has 18 rings (SSSR count). The third-order valence-corrected chi connectivity index (χ3v) is 25.8. The Morgan fingerprint density at radius 3 is 1.43 bits per heavy atom. The minimum absolute atomic E-state index is 0. The number of hydrogen-bond acceptors (Lipinski definition) is 11. The molecule has 26 unspecified atom stereocenters. The van der Waals surface area contributed by atoms with Crippen LogP contribution in [0, 0.1) is 118 Å². The maximum absolute atomic E-state index is 8.66. The Bertz CT molecular complexity index is 2800. The normalized spacial score (nSPS) is 36.7. The number of allylic oxidation sites excluding steroid dienone is 17. The van der Waals surface area contributed by atoms with Crippen LogP contribution < -0.4 is 29.6 Å². The molecule has 2 aliphatic heterocycles. The molecule has 602 valence electrons. The van der Waals surface area contributed by atoms with Crippen molar-refractivity contribution in [3.8, 4) is 0 Å². The van der Waals surface area contributed by atoms with Crippen LogP contribution in [0.15, 0.2) is 198 Å². The molecule has 18 aliphatic rings. The van der Waals surface area contributed by atoms with Gasteiger partial charge in [0.25, 0.3) is 0 Å². The Kier molecular flexibility index (Phi) is 48.3. The van der Waals surface area contributed by atoms with E-state index in [0.29, 0.717) is 81.5 Å². The van der Waals surface area contributed by atoms with E-state index in [9.17, 15) is 0 Å². The molecule has 0 radical (unpaired) electrons. The largest absolute Gasteiger partial charge is 1.00 e. The van der Waals surface area contributed by atoms with Gasteiger partial charge in [0.1, 0.15) is 6.61 Å². The van der Waals surface area contributed by atoms with Gasteiger partial charge in [0.2, 0.25) is 0 Å². The van der Waals surface area contributed by atoms with Gasteiger partial charge in [-0.15, -0.1) is 46.1 Å². The van der Waals surface area contributed by atoms with Crippen molar-refractivity contribution in [3.05, 3.63) is 198 Å². The van der Waals surface area contributed by atoms with Crippen molar-refractivity contribution in [2.45, 2.75) is 200 Å². The average molecular weight is 1570 g/mol. The topological polar surface area (TPSA) is 151 Å². The molecule has 13 heteroatoms. The van der Waals surface area contributed by atoms with E-state index < -0.39 is 0 Å². The van der Waals surface area contributed by atoms with Crippen molar-refractivity contribution in [2.75, 3.05) is 78.0 Å². The van der Waals surface area contributed by atoms with E-state index in [1.54, 1.807) is 24.3 Å². The summed E-state index contributed by atoms with van der Waals surface area (Å²) in [7, 11) is 0. The van der Waals surface area contributed by atoms with E-state index in [0.717, 1.165) is 158 Å². The first-order valence-electron chi connectivity index (χ1n) is 40.6. The van der Waals surface area contributed by atoms with Crippen molar-refractivity contribution < 1.29 is 83.1 Å². The first-order chi connectivity index (χ1) is 50.6. The van der Waals surface area contributed by atoms with Gasteiger partial charge in [-0.05, 0) is 260 Å². The molecule has 26 atom stereocenters. The molecular formula is C95H148BrNaO11. The third-order valence-electron chi connectivity index (χ3n) is 25.4. The molecule has 108 heavy (non-hydrogen) atoms. The number of epoxide rings is 2. The number of ether oxygens (including phenoxy) is 8. The SMILES string of the molecule is C.C.C.C1=CC2C3C=CC(C3)C2C1.C=CCBr.C=CCO.C=CCOC1=CC2CC1C1C=CCC21.C=CCOC1CC2CC1C1C2CC2OC21.C=CCOC1CC2CC1C1C=CCC21.C=CCOCC1CC=CCC1.C=CCOCC1CC=CCC1.C=CCOCC1CCC2OC2C1.OCC1CC=CCC1.[Na+].[OH-]. The van der Waals surface area contributed by atoms with E-state index >= 15 is 0 Å². The summed E-state index contributed by atoms with van der Waals surface area (Å²) in [5, 5.41) is 17.3. The first kappa shape index (κ1) is 97.1. The van der Waals surface area contributed by atoms with Crippen LogP contribution in [0.3, 0.4) is 0 Å². The summed E-state index contributed by atoms with van der Waals surface area (Å²) >= 11 is 3.13. The summed E-state index contributed by atoms with van der Waals surface area (Å²) in [5.41, 5.74) is 0. The van der Waals surface area contributed by atoms with Gasteiger partial charge in [0, 0.05) is 24.5 Å². The van der Waals surface area contributed by atoms with Crippen molar-refractivity contribution >= 4 is 15.9 Å². The van der Waals surface area contributed by atoms with Gasteiger partial charge >= 0.3 is 29.6 Å². The molecule has 0 aromatic rings. The average Bonchev–Trinajstić information content (AvgIpc) is 2.06. The monoisotopic (exact) mass is 1570 g/mol. The number of aliphatic hydroxyl groups is 2. The molecule has 10 fully saturated rings. The second kappa shape index (κ2) is 53.7. The predicted octanol–water partition coefficient (Wildman–Crippen LogP) is 18.7. The van der Waals surface area contributed by atoms with Gasteiger partial charge in [-0.3, -0.25) is 0 Å². The van der Waals surface area contributed by atoms with Crippen LogP contribution in [0.4, 0.5) is 0 Å². The Balaban J connectivity index is 0.000000257. The third kappa shape index (κ3) is 28.9. The smallest absolute Gasteiger partial charge is 0.870 e. The predicted molar refractivity (Wildman–Crippen MR) is 450 cm³/mol. The molecule has 0 aromatic heterocycles. The number of aliphatic hydroxyl groups excluding tert-OH is 2. The van der Waals surface area contributed by atoms with Crippen LogP contribution in [0.2, 0.25) is 0 Å². The molecule has 0 aromatic carbocycles. The van der Waals surface area contributed by atoms with Crippen LogP contribution in [0.5, 0.6) is 0 Å². The Labute approximate surface area is 688 Å². The first-order valence-corrected chi connectivity index (χ1v) is 41.7. The quantitative estimate of drug-likeness (QED) is 0.0312. The molecule has 3 N–H and O–H groups in total. The van der Waals surface area contributed by atoms with Crippen molar-refractivity contribution in [1.82, 2.24) is 0 Å². The standard InChI is InChI=1S/C13H18O2.C13H18O.C13H16O.C10H16O2.2C10H16O.C10H12.C7H12O.C3H5Br.C3H6O.3CH4.Na.H2O/c1-2-3-14-10-5-7-4-9(10)12-8(7)6-11-13(12)15-11;2*1-2-6-14-13-8-9-7-12(13)11-5-3-4-10(9)11;1-2-5-11-7-8-3-4-9-10(6-8)12-9;2*1-2-8-11-9-10-6-4-3-5-7-10;1-2-9-7-4-5-8(6-7)10(9)3-1;8-6-7-4-2-1-3-5-7;2*1-2-3-4;;;;;/h2,7-13H,1,3-6H2;2-3,5,9-13H,1,4,6-8H2;2-3,5,8-12H,1,4,6-7H2;2,8-10H,1,3-7H2;2*2-4,10H,1,5-9H2;1-2,4-5,7-10H,3,6H2;1-2,7-8H,3-6H2;2H,1,3H2;2,4H,1,3H2;3*1H4;;1H2/q;;;;;;;;;;;;;+1;/p-1. The number of rotatable bonds is 24.